The standard InChI is InChI=1S/C25H30N4O4/c1-5-29(12-11-28(3)4)24(31)16-33-20-8-6-7-18(14-20)21-15-22(27-25(32)26-21)19-9-10-23(30)17(2)13-19/h6-10,13-15,30H,5,11-12,16H2,1-4H3,(H,26,27,32). The number of carbonyl (C=O) groups is 1. The molecule has 0 aliphatic rings. The number of rotatable bonds is 9. The van der Waals surface area contributed by atoms with Gasteiger partial charge in [-0.05, 0) is 75.5 Å². The summed E-state index contributed by atoms with van der Waals surface area (Å²) in [6.45, 7) is 5.72. The number of amides is 1. The number of hydrogen-bond donors (Lipinski definition) is 2. The lowest BCUT2D eigenvalue weighted by Gasteiger charge is -2.23. The maximum Gasteiger partial charge on any atom is 0.345 e. The van der Waals surface area contributed by atoms with E-state index in [0.717, 1.165) is 12.1 Å². The zero-order chi connectivity index (χ0) is 24.0. The zero-order valence-corrected chi connectivity index (χ0v) is 19.5. The van der Waals surface area contributed by atoms with Crippen LogP contribution in [0.5, 0.6) is 11.5 Å². The van der Waals surface area contributed by atoms with E-state index in [9.17, 15) is 14.7 Å². The predicted molar refractivity (Wildman–Crippen MR) is 128 cm³/mol. The molecule has 0 fully saturated rings. The number of H-pyrrole nitrogens is 1. The fraction of sp³-hybridized carbons (Fsp3) is 0.320. The van der Waals surface area contributed by atoms with E-state index in [1.54, 1.807) is 54.3 Å². The molecule has 0 aliphatic heterocycles. The Hall–Kier alpha value is -3.65. The van der Waals surface area contributed by atoms with Crippen LogP contribution in [0.2, 0.25) is 0 Å². The van der Waals surface area contributed by atoms with Crippen molar-refractivity contribution in [2.24, 2.45) is 0 Å². The van der Waals surface area contributed by atoms with Crippen molar-refractivity contribution in [3.05, 3.63) is 64.6 Å². The summed E-state index contributed by atoms with van der Waals surface area (Å²) < 4.78 is 5.75. The number of nitrogens with zero attached hydrogens (tertiary/aromatic N) is 3. The second-order valence-corrected chi connectivity index (χ2v) is 8.08. The first-order valence-corrected chi connectivity index (χ1v) is 10.8. The van der Waals surface area contributed by atoms with Gasteiger partial charge in [-0.2, -0.15) is 4.98 Å². The Balaban J connectivity index is 1.78. The summed E-state index contributed by atoms with van der Waals surface area (Å²) in [5, 5.41) is 9.77. The number of phenolic OH excluding ortho intramolecular Hbond substituents is 1. The molecule has 0 radical (unpaired) electrons. The summed E-state index contributed by atoms with van der Waals surface area (Å²) in [4.78, 5) is 35.4. The molecule has 0 saturated carbocycles. The van der Waals surface area contributed by atoms with E-state index in [0.29, 0.717) is 41.4 Å². The molecule has 1 aromatic heterocycles. The van der Waals surface area contributed by atoms with Gasteiger partial charge >= 0.3 is 5.69 Å². The molecule has 2 N–H and O–H groups in total. The Morgan fingerprint density at radius 2 is 1.88 bits per heavy atom. The van der Waals surface area contributed by atoms with Crippen LogP contribution in [0, 0.1) is 6.92 Å². The lowest BCUT2D eigenvalue weighted by atomic mass is 10.1. The molecule has 0 atom stereocenters. The zero-order valence-electron chi connectivity index (χ0n) is 19.5. The lowest BCUT2D eigenvalue weighted by molar-refractivity contribution is -0.133. The Morgan fingerprint density at radius 1 is 1.09 bits per heavy atom. The number of benzene rings is 2. The van der Waals surface area contributed by atoms with Crippen LogP contribution in [0.25, 0.3) is 22.5 Å². The predicted octanol–water partition coefficient (Wildman–Crippen LogP) is 2.91. The van der Waals surface area contributed by atoms with Gasteiger partial charge in [-0.25, -0.2) is 4.79 Å². The maximum atomic E-state index is 12.5. The van der Waals surface area contributed by atoms with Gasteiger partial charge in [0.2, 0.25) is 0 Å². The van der Waals surface area contributed by atoms with Crippen molar-refractivity contribution >= 4 is 5.91 Å². The molecular weight excluding hydrogens is 420 g/mol. The molecule has 3 aromatic rings. The van der Waals surface area contributed by atoms with Crippen molar-refractivity contribution in [2.75, 3.05) is 40.3 Å². The van der Waals surface area contributed by atoms with E-state index in [1.165, 1.54) is 0 Å². The van der Waals surface area contributed by atoms with Crippen LogP contribution >= 0.6 is 0 Å². The lowest BCUT2D eigenvalue weighted by Crippen LogP contribution is -2.39. The molecule has 3 rings (SSSR count). The number of phenols is 1. The van der Waals surface area contributed by atoms with Crippen molar-refractivity contribution in [3.63, 3.8) is 0 Å². The van der Waals surface area contributed by atoms with Crippen LogP contribution in [0.4, 0.5) is 0 Å². The van der Waals surface area contributed by atoms with Crippen molar-refractivity contribution in [1.29, 1.82) is 0 Å². The van der Waals surface area contributed by atoms with Crippen molar-refractivity contribution in [3.8, 4) is 34.0 Å². The third kappa shape index (κ3) is 6.43. The van der Waals surface area contributed by atoms with E-state index in [4.69, 9.17) is 4.74 Å². The summed E-state index contributed by atoms with van der Waals surface area (Å²) in [5.41, 5.74) is 2.77. The highest BCUT2D eigenvalue weighted by molar-refractivity contribution is 5.78. The van der Waals surface area contributed by atoms with Crippen molar-refractivity contribution < 1.29 is 14.6 Å². The fourth-order valence-corrected chi connectivity index (χ4v) is 3.35. The van der Waals surface area contributed by atoms with Crippen LogP contribution in [0.3, 0.4) is 0 Å². The van der Waals surface area contributed by atoms with Crippen LogP contribution < -0.4 is 10.4 Å². The molecule has 0 unspecified atom stereocenters. The molecular formula is C25H30N4O4. The largest absolute Gasteiger partial charge is 0.508 e. The summed E-state index contributed by atoms with van der Waals surface area (Å²) in [6, 6.07) is 14.1. The first kappa shape index (κ1) is 24.0. The van der Waals surface area contributed by atoms with E-state index in [1.807, 2.05) is 32.0 Å². The summed E-state index contributed by atoms with van der Waals surface area (Å²) in [6.07, 6.45) is 0. The van der Waals surface area contributed by atoms with Crippen LogP contribution in [0.15, 0.2) is 53.3 Å². The number of likely N-dealkylation sites (N-methyl/N-ethyl adjacent to an activating group) is 2. The van der Waals surface area contributed by atoms with Gasteiger partial charge in [0, 0.05) is 25.2 Å². The quantitative estimate of drug-likeness (QED) is 0.520. The second kappa shape index (κ2) is 10.8. The minimum absolute atomic E-state index is 0.0639. The van der Waals surface area contributed by atoms with Gasteiger partial charge in [-0.3, -0.25) is 4.79 Å². The Bertz CT molecular complexity index is 1170. The molecule has 33 heavy (non-hydrogen) atoms. The number of aryl methyl sites for hydroxylation is 1. The Morgan fingerprint density at radius 3 is 2.58 bits per heavy atom. The van der Waals surface area contributed by atoms with Gasteiger partial charge in [0.25, 0.3) is 5.91 Å². The van der Waals surface area contributed by atoms with Crippen LogP contribution in [0.1, 0.15) is 12.5 Å². The molecule has 2 aromatic carbocycles. The number of aromatic hydroxyl groups is 1. The molecule has 1 heterocycles. The first-order valence-electron chi connectivity index (χ1n) is 10.8. The smallest absolute Gasteiger partial charge is 0.345 e. The number of ether oxygens (including phenoxy) is 1. The SMILES string of the molecule is CCN(CCN(C)C)C(=O)COc1cccc(-c2cc(-c3ccc(O)c(C)c3)[nH]c(=O)n2)c1. The molecule has 174 valence electrons. The highest BCUT2D eigenvalue weighted by Gasteiger charge is 2.13. The average Bonchev–Trinajstić information content (AvgIpc) is 2.79. The first-order chi connectivity index (χ1) is 15.8. The molecule has 0 spiro atoms. The number of nitrogens with one attached hydrogen (secondary N) is 1. The van der Waals surface area contributed by atoms with Gasteiger partial charge in [0.05, 0.1) is 11.4 Å². The second-order valence-electron chi connectivity index (χ2n) is 8.08. The third-order valence-electron chi connectivity index (χ3n) is 5.30. The monoisotopic (exact) mass is 450 g/mol. The van der Waals surface area contributed by atoms with E-state index >= 15 is 0 Å². The van der Waals surface area contributed by atoms with Gasteiger partial charge in [-0.15, -0.1) is 0 Å². The van der Waals surface area contributed by atoms with E-state index < -0.39 is 5.69 Å². The van der Waals surface area contributed by atoms with Crippen LogP contribution in [-0.4, -0.2) is 71.1 Å². The molecule has 0 saturated heterocycles. The van der Waals surface area contributed by atoms with Gasteiger partial charge in [-0.1, -0.05) is 12.1 Å². The summed E-state index contributed by atoms with van der Waals surface area (Å²) >= 11 is 0. The molecule has 0 bridgehead atoms. The molecule has 8 nitrogen and oxygen atoms in total. The summed E-state index contributed by atoms with van der Waals surface area (Å²) in [5.74, 6) is 0.635. The highest BCUT2D eigenvalue weighted by Crippen LogP contribution is 2.27. The number of hydrogen-bond acceptors (Lipinski definition) is 6. The number of aromatic amines is 1. The van der Waals surface area contributed by atoms with Crippen molar-refractivity contribution in [2.45, 2.75) is 13.8 Å². The highest BCUT2D eigenvalue weighted by atomic mass is 16.5. The topological polar surface area (TPSA) is 98.8 Å². The minimum Gasteiger partial charge on any atom is -0.508 e. The summed E-state index contributed by atoms with van der Waals surface area (Å²) in [7, 11) is 3.94. The molecule has 8 heteroatoms. The van der Waals surface area contributed by atoms with Gasteiger partial charge < -0.3 is 24.6 Å². The fourth-order valence-electron chi connectivity index (χ4n) is 3.35. The third-order valence-corrected chi connectivity index (χ3v) is 5.30. The van der Waals surface area contributed by atoms with Gasteiger partial charge in [0.1, 0.15) is 11.5 Å². The molecule has 1 amide bonds. The van der Waals surface area contributed by atoms with Crippen molar-refractivity contribution in [1.82, 2.24) is 19.8 Å². The Labute approximate surface area is 193 Å². The number of aromatic nitrogens is 2. The molecule has 0 aliphatic carbocycles. The van der Waals surface area contributed by atoms with E-state index in [-0.39, 0.29) is 18.3 Å². The normalized spacial score (nSPS) is 10.9. The minimum atomic E-state index is -0.478. The average molecular weight is 451 g/mol. The number of carbonyl (C=O) groups excluding carboxylic acids is 1. The maximum absolute atomic E-state index is 12.5. The van der Waals surface area contributed by atoms with Crippen LogP contribution in [-0.2, 0) is 4.79 Å². The van der Waals surface area contributed by atoms with Gasteiger partial charge in [0.15, 0.2) is 6.61 Å². The Kier molecular flexibility index (Phi) is 7.84. The van der Waals surface area contributed by atoms with E-state index in [2.05, 4.69) is 9.97 Å².